The first kappa shape index (κ1) is 13.8. The first-order valence-corrected chi connectivity index (χ1v) is 7.22. The molecule has 0 fully saturated rings. The third-order valence-corrected chi connectivity index (χ3v) is 3.68. The molecule has 0 amide bonds. The van der Waals surface area contributed by atoms with Crippen LogP contribution in [0, 0.1) is 0 Å². The van der Waals surface area contributed by atoms with Gasteiger partial charge >= 0.3 is 0 Å². The summed E-state index contributed by atoms with van der Waals surface area (Å²) >= 11 is 0. The van der Waals surface area contributed by atoms with E-state index in [1.165, 1.54) is 16.7 Å². The van der Waals surface area contributed by atoms with Crippen molar-refractivity contribution >= 4 is 11.4 Å². The van der Waals surface area contributed by atoms with Crippen LogP contribution in [0.2, 0.25) is 0 Å². The van der Waals surface area contributed by atoms with Crippen LogP contribution in [0.3, 0.4) is 0 Å². The second-order valence-electron chi connectivity index (χ2n) is 6.15. The molecule has 1 aliphatic carbocycles. The van der Waals surface area contributed by atoms with Crippen molar-refractivity contribution in [1.82, 2.24) is 0 Å². The Balaban J connectivity index is 1.93. The second kappa shape index (κ2) is 4.99. The lowest BCUT2D eigenvalue weighted by Gasteiger charge is -2.28. The summed E-state index contributed by atoms with van der Waals surface area (Å²) in [5.74, 6) is 0.878. The monoisotopic (exact) mass is 280 g/mol. The topological polar surface area (TPSA) is 37.9 Å². The molecule has 0 aromatic carbocycles. The molecule has 1 aliphatic heterocycles. The maximum absolute atomic E-state index is 5.32. The molecule has 2 aliphatic rings. The van der Waals surface area contributed by atoms with Gasteiger partial charge in [-0.1, -0.05) is 6.08 Å². The van der Waals surface area contributed by atoms with E-state index in [2.05, 4.69) is 50.9 Å². The van der Waals surface area contributed by atoms with Gasteiger partial charge < -0.3 is 4.42 Å². The molecule has 21 heavy (non-hydrogen) atoms. The number of allylic oxidation sites excluding steroid dienone is 5. The van der Waals surface area contributed by atoms with Gasteiger partial charge in [0.2, 0.25) is 0 Å². The molecule has 0 radical (unpaired) electrons. The standard InChI is InChI=1S/C18H20N2O/c1-12-8-14(19-11-15-6-5-7-21-15)9-16-13(2)10-18(3,4)20-17(12)16/h5-10H,11H2,1-4H3. The van der Waals surface area contributed by atoms with Crippen molar-refractivity contribution in [3.63, 3.8) is 0 Å². The Hall–Kier alpha value is -2.16. The summed E-state index contributed by atoms with van der Waals surface area (Å²) in [5, 5.41) is 0. The van der Waals surface area contributed by atoms with Crippen molar-refractivity contribution < 1.29 is 4.42 Å². The van der Waals surface area contributed by atoms with Gasteiger partial charge in [0.25, 0.3) is 0 Å². The number of dihydropyridines is 1. The Labute approximate surface area is 125 Å². The molecule has 1 aromatic rings. The Kier molecular flexibility index (Phi) is 3.28. The normalized spacial score (nSPS) is 22.2. The zero-order chi connectivity index (χ0) is 15.0. The summed E-state index contributed by atoms with van der Waals surface area (Å²) in [6.45, 7) is 9.08. The van der Waals surface area contributed by atoms with Crippen molar-refractivity contribution in [1.29, 1.82) is 0 Å². The summed E-state index contributed by atoms with van der Waals surface area (Å²) < 4.78 is 5.32. The SMILES string of the molecule is CC1=CC(C)(C)N=C2C(C)=CC(=NCc3ccco3)C=C12. The Morgan fingerprint density at radius 3 is 2.71 bits per heavy atom. The predicted octanol–water partition coefficient (Wildman–Crippen LogP) is 4.29. The maximum Gasteiger partial charge on any atom is 0.125 e. The van der Waals surface area contributed by atoms with Crippen LogP contribution < -0.4 is 0 Å². The van der Waals surface area contributed by atoms with Crippen molar-refractivity contribution in [3.8, 4) is 0 Å². The number of rotatable bonds is 2. The third kappa shape index (κ3) is 2.82. The Bertz CT molecular complexity index is 710. The van der Waals surface area contributed by atoms with E-state index in [1.807, 2.05) is 12.1 Å². The van der Waals surface area contributed by atoms with Crippen LogP contribution in [-0.2, 0) is 6.54 Å². The van der Waals surface area contributed by atoms with Crippen LogP contribution in [0.5, 0.6) is 0 Å². The van der Waals surface area contributed by atoms with E-state index < -0.39 is 0 Å². The van der Waals surface area contributed by atoms with Crippen LogP contribution in [0.4, 0.5) is 0 Å². The summed E-state index contributed by atoms with van der Waals surface area (Å²) in [7, 11) is 0. The first-order valence-electron chi connectivity index (χ1n) is 7.22. The molecule has 0 bridgehead atoms. The minimum Gasteiger partial charge on any atom is -0.467 e. The highest BCUT2D eigenvalue weighted by atomic mass is 16.3. The number of hydrogen-bond donors (Lipinski definition) is 0. The van der Waals surface area contributed by atoms with Crippen molar-refractivity contribution in [2.24, 2.45) is 9.98 Å². The highest BCUT2D eigenvalue weighted by Gasteiger charge is 2.26. The average molecular weight is 280 g/mol. The second-order valence-corrected chi connectivity index (χ2v) is 6.15. The molecule has 0 saturated carbocycles. The van der Waals surface area contributed by atoms with Gasteiger partial charge in [-0.05, 0) is 63.1 Å². The number of hydrogen-bond acceptors (Lipinski definition) is 3. The van der Waals surface area contributed by atoms with Crippen molar-refractivity contribution in [2.45, 2.75) is 39.8 Å². The molecule has 3 nitrogen and oxygen atoms in total. The van der Waals surface area contributed by atoms with Crippen LogP contribution in [-0.4, -0.2) is 17.0 Å². The summed E-state index contributed by atoms with van der Waals surface area (Å²) in [6.07, 6.45) is 8.11. The van der Waals surface area contributed by atoms with E-state index in [0.29, 0.717) is 6.54 Å². The van der Waals surface area contributed by atoms with Gasteiger partial charge in [0, 0.05) is 5.57 Å². The summed E-state index contributed by atoms with van der Waals surface area (Å²) in [4.78, 5) is 9.47. The number of aliphatic imine (C=N–C) groups is 2. The molecule has 2 heterocycles. The number of nitrogens with zero attached hydrogens (tertiary/aromatic N) is 2. The quantitative estimate of drug-likeness (QED) is 0.745. The number of furan rings is 1. The van der Waals surface area contributed by atoms with Crippen LogP contribution in [0.25, 0.3) is 0 Å². The van der Waals surface area contributed by atoms with Crippen molar-refractivity contribution in [3.05, 3.63) is 59.1 Å². The van der Waals surface area contributed by atoms with E-state index >= 15 is 0 Å². The molecular formula is C18H20N2O. The molecule has 0 saturated heterocycles. The predicted molar refractivity (Wildman–Crippen MR) is 87.0 cm³/mol. The average Bonchev–Trinajstić information content (AvgIpc) is 2.90. The highest BCUT2D eigenvalue weighted by molar-refractivity contribution is 6.26. The molecule has 3 heteroatoms. The number of fused-ring (bicyclic) bond motifs is 1. The van der Waals surface area contributed by atoms with E-state index in [4.69, 9.17) is 9.41 Å². The zero-order valence-corrected chi connectivity index (χ0v) is 13.0. The van der Waals surface area contributed by atoms with E-state index in [9.17, 15) is 0 Å². The lowest BCUT2D eigenvalue weighted by molar-refractivity contribution is 0.513. The van der Waals surface area contributed by atoms with Gasteiger partial charge in [-0.25, -0.2) is 0 Å². The van der Waals surface area contributed by atoms with E-state index in [1.54, 1.807) is 6.26 Å². The van der Waals surface area contributed by atoms with E-state index in [-0.39, 0.29) is 5.54 Å². The molecule has 0 spiro atoms. The molecule has 0 unspecified atom stereocenters. The Morgan fingerprint density at radius 1 is 1.19 bits per heavy atom. The maximum atomic E-state index is 5.32. The summed E-state index contributed by atoms with van der Waals surface area (Å²) in [6, 6.07) is 3.83. The third-order valence-electron chi connectivity index (χ3n) is 3.68. The fourth-order valence-electron chi connectivity index (χ4n) is 2.80. The fraction of sp³-hybridized carbons (Fsp3) is 0.333. The minimum absolute atomic E-state index is 0.130. The van der Waals surface area contributed by atoms with Gasteiger partial charge in [0.15, 0.2) is 0 Å². The molecule has 1 aromatic heterocycles. The van der Waals surface area contributed by atoms with Crippen LogP contribution in [0.15, 0.2) is 67.7 Å². The fourth-order valence-corrected chi connectivity index (χ4v) is 2.80. The largest absolute Gasteiger partial charge is 0.467 e. The van der Waals surface area contributed by atoms with Gasteiger partial charge in [0.05, 0.1) is 29.8 Å². The first-order chi connectivity index (χ1) is 9.94. The summed E-state index contributed by atoms with van der Waals surface area (Å²) in [5.41, 5.74) is 5.57. The molecule has 0 atom stereocenters. The molecular weight excluding hydrogens is 260 g/mol. The van der Waals surface area contributed by atoms with Crippen molar-refractivity contribution in [2.75, 3.05) is 0 Å². The molecule has 0 N–H and O–H groups in total. The van der Waals surface area contributed by atoms with E-state index in [0.717, 1.165) is 17.2 Å². The van der Waals surface area contributed by atoms with Gasteiger partial charge in [-0.15, -0.1) is 0 Å². The van der Waals surface area contributed by atoms with Gasteiger partial charge in [-0.2, -0.15) is 0 Å². The highest BCUT2D eigenvalue weighted by Crippen LogP contribution is 2.31. The lowest BCUT2D eigenvalue weighted by Crippen LogP contribution is -2.26. The van der Waals surface area contributed by atoms with Gasteiger partial charge in [-0.3, -0.25) is 9.98 Å². The lowest BCUT2D eigenvalue weighted by atomic mass is 9.85. The molecule has 108 valence electrons. The van der Waals surface area contributed by atoms with Crippen LogP contribution in [0.1, 0.15) is 33.5 Å². The molecule has 3 rings (SSSR count). The minimum atomic E-state index is -0.130. The smallest absolute Gasteiger partial charge is 0.125 e. The van der Waals surface area contributed by atoms with Crippen LogP contribution >= 0.6 is 0 Å². The zero-order valence-electron chi connectivity index (χ0n) is 13.0. The Morgan fingerprint density at radius 2 is 2.00 bits per heavy atom. The van der Waals surface area contributed by atoms with Gasteiger partial charge in [0.1, 0.15) is 5.76 Å².